The molecule has 2 atom stereocenters. The average Bonchev–Trinajstić information content (AvgIpc) is 2.74. The predicted molar refractivity (Wildman–Crippen MR) is 54.0 cm³/mol. The predicted octanol–water partition coefficient (Wildman–Crippen LogP) is 1.57. The van der Waals surface area contributed by atoms with E-state index in [1.807, 2.05) is 0 Å². The molecular formula is C11H19NO2. The van der Waals surface area contributed by atoms with E-state index >= 15 is 0 Å². The summed E-state index contributed by atoms with van der Waals surface area (Å²) in [6, 6.07) is 0. The third-order valence-electron chi connectivity index (χ3n) is 3.85. The van der Waals surface area contributed by atoms with Crippen molar-refractivity contribution in [3.05, 3.63) is 0 Å². The van der Waals surface area contributed by atoms with Crippen molar-refractivity contribution in [1.29, 1.82) is 0 Å². The normalized spacial score (nSPS) is 37.0. The number of likely N-dealkylation sites (tertiary alicyclic amines) is 1. The van der Waals surface area contributed by atoms with E-state index in [0.717, 1.165) is 32.2 Å². The Bertz CT molecular complexity index is 241. The minimum Gasteiger partial charge on any atom is -0.381 e. The van der Waals surface area contributed by atoms with Crippen molar-refractivity contribution in [2.45, 2.75) is 50.7 Å². The van der Waals surface area contributed by atoms with Crippen LogP contribution in [-0.4, -0.2) is 36.1 Å². The second-order valence-corrected chi connectivity index (χ2v) is 4.60. The highest BCUT2D eigenvalue weighted by Gasteiger charge is 2.47. The monoisotopic (exact) mass is 197 g/mol. The van der Waals surface area contributed by atoms with Crippen molar-refractivity contribution < 1.29 is 9.53 Å². The molecule has 2 rings (SSSR count). The Morgan fingerprint density at radius 1 is 1.50 bits per heavy atom. The first-order valence-electron chi connectivity index (χ1n) is 5.49. The SMILES string of the molecule is CO[C@H]1CCC2(CCCN2C(C)=O)C1. The van der Waals surface area contributed by atoms with Gasteiger partial charge in [-0.2, -0.15) is 0 Å². The molecule has 1 heterocycles. The van der Waals surface area contributed by atoms with Gasteiger partial charge in [0.1, 0.15) is 0 Å². The third-order valence-corrected chi connectivity index (χ3v) is 3.85. The maximum atomic E-state index is 11.5. The van der Waals surface area contributed by atoms with Crippen LogP contribution in [0.1, 0.15) is 39.0 Å². The average molecular weight is 197 g/mol. The van der Waals surface area contributed by atoms with Crippen LogP contribution < -0.4 is 0 Å². The number of ether oxygens (including phenoxy) is 1. The van der Waals surface area contributed by atoms with Crippen LogP contribution in [0.4, 0.5) is 0 Å². The summed E-state index contributed by atoms with van der Waals surface area (Å²) in [5.74, 6) is 0.235. The molecule has 0 N–H and O–H groups in total. The van der Waals surface area contributed by atoms with Gasteiger partial charge in [-0.05, 0) is 32.1 Å². The number of hydrogen-bond acceptors (Lipinski definition) is 2. The minimum absolute atomic E-state index is 0.159. The molecule has 80 valence electrons. The van der Waals surface area contributed by atoms with Crippen LogP contribution in [0, 0.1) is 0 Å². The van der Waals surface area contributed by atoms with Crippen LogP contribution in [0.3, 0.4) is 0 Å². The highest BCUT2D eigenvalue weighted by atomic mass is 16.5. The molecule has 0 aromatic rings. The second-order valence-electron chi connectivity index (χ2n) is 4.60. The fourth-order valence-electron chi connectivity index (χ4n) is 3.16. The number of hydrogen-bond donors (Lipinski definition) is 0. The fraction of sp³-hybridized carbons (Fsp3) is 0.909. The Balaban J connectivity index is 2.11. The van der Waals surface area contributed by atoms with E-state index in [-0.39, 0.29) is 11.4 Å². The van der Waals surface area contributed by atoms with Gasteiger partial charge in [0.05, 0.1) is 6.10 Å². The van der Waals surface area contributed by atoms with Gasteiger partial charge in [-0.25, -0.2) is 0 Å². The van der Waals surface area contributed by atoms with Gasteiger partial charge in [-0.15, -0.1) is 0 Å². The highest BCUT2D eigenvalue weighted by molar-refractivity contribution is 5.74. The first-order chi connectivity index (χ1) is 6.68. The number of rotatable bonds is 1. The van der Waals surface area contributed by atoms with Gasteiger partial charge in [-0.1, -0.05) is 0 Å². The third kappa shape index (κ3) is 1.44. The summed E-state index contributed by atoms with van der Waals surface area (Å²) in [6.07, 6.45) is 5.99. The Labute approximate surface area is 85.4 Å². The van der Waals surface area contributed by atoms with Gasteiger partial charge in [0, 0.05) is 26.1 Å². The lowest BCUT2D eigenvalue weighted by atomic mass is 9.94. The molecule has 1 aliphatic heterocycles. The zero-order valence-corrected chi connectivity index (χ0v) is 9.08. The maximum absolute atomic E-state index is 11.5. The van der Waals surface area contributed by atoms with Crippen molar-refractivity contribution >= 4 is 5.91 Å². The highest BCUT2D eigenvalue weighted by Crippen LogP contribution is 2.43. The van der Waals surface area contributed by atoms with Crippen molar-refractivity contribution in [2.75, 3.05) is 13.7 Å². The molecule has 1 unspecified atom stereocenters. The van der Waals surface area contributed by atoms with Crippen molar-refractivity contribution in [3.63, 3.8) is 0 Å². The Kier molecular flexibility index (Phi) is 2.52. The van der Waals surface area contributed by atoms with E-state index in [0.29, 0.717) is 6.10 Å². The summed E-state index contributed by atoms with van der Waals surface area (Å²) in [5, 5.41) is 0. The number of carbonyl (C=O) groups is 1. The first kappa shape index (κ1) is 9.97. The summed E-state index contributed by atoms with van der Waals surface area (Å²) < 4.78 is 5.39. The largest absolute Gasteiger partial charge is 0.381 e. The summed E-state index contributed by atoms with van der Waals surface area (Å²) >= 11 is 0. The Morgan fingerprint density at radius 2 is 2.29 bits per heavy atom. The Hall–Kier alpha value is -0.570. The van der Waals surface area contributed by atoms with E-state index in [1.165, 1.54) is 6.42 Å². The van der Waals surface area contributed by atoms with Crippen molar-refractivity contribution in [3.8, 4) is 0 Å². The lowest BCUT2D eigenvalue weighted by Crippen LogP contribution is -2.44. The number of carbonyl (C=O) groups excluding carboxylic acids is 1. The summed E-state index contributed by atoms with van der Waals surface area (Å²) in [5.41, 5.74) is 0.159. The topological polar surface area (TPSA) is 29.5 Å². The number of nitrogens with zero attached hydrogens (tertiary/aromatic N) is 1. The molecule has 3 heteroatoms. The van der Waals surface area contributed by atoms with Gasteiger partial charge in [0.25, 0.3) is 0 Å². The van der Waals surface area contributed by atoms with E-state index in [9.17, 15) is 4.79 Å². The van der Waals surface area contributed by atoms with Gasteiger partial charge in [0.15, 0.2) is 0 Å². The van der Waals surface area contributed by atoms with Crippen LogP contribution in [0.5, 0.6) is 0 Å². The van der Waals surface area contributed by atoms with Gasteiger partial charge < -0.3 is 9.64 Å². The molecule has 3 nitrogen and oxygen atoms in total. The summed E-state index contributed by atoms with van der Waals surface area (Å²) in [4.78, 5) is 13.6. The van der Waals surface area contributed by atoms with Crippen molar-refractivity contribution in [1.82, 2.24) is 4.90 Å². The summed E-state index contributed by atoms with van der Waals surface area (Å²) in [7, 11) is 1.77. The first-order valence-corrected chi connectivity index (χ1v) is 5.49. The summed E-state index contributed by atoms with van der Waals surface area (Å²) in [6.45, 7) is 2.64. The molecule has 0 bridgehead atoms. The quantitative estimate of drug-likeness (QED) is 0.638. The molecular weight excluding hydrogens is 178 g/mol. The van der Waals surface area contributed by atoms with E-state index < -0.39 is 0 Å². The number of amides is 1. The Morgan fingerprint density at radius 3 is 2.86 bits per heavy atom. The van der Waals surface area contributed by atoms with E-state index in [4.69, 9.17) is 4.74 Å². The smallest absolute Gasteiger partial charge is 0.219 e. The fourth-order valence-corrected chi connectivity index (χ4v) is 3.16. The minimum atomic E-state index is 0.159. The molecule has 1 saturated heterocycles. The molecule has 1 spiro atoms. The van der Waals surface area contributed by atoms with Crippen molar-refractivity contribution in [2.24, 2.45) is 0 Å². The van der Waals surface area contributed by atoms with Crippen LogP contribution in [0.25, 0.3) is 0 Å². The lowest BCUT2D eigenvalue weighted by molar-refractivity contribution is -0.133. The zero-order chi connectivity index (χ0) is 10.2. The maximum Gasteiger partial charge on any atom is 0.219 e. The molecule has 1 aliphatic carbocycles. The van der Waals surface area contributed by atoms with Crippen LogP contribution >= 0.6 is 0 Å². The molecule has 1 amide bonds. The molecule has 1 saturated carbocycles. The zero-order valence-electron chi connectivity index (χ0n) is 9.08. The molecule has 14 heavy (non-hydrogen) atoms. The molecule has 0 radical (unpaired) electrons. The van der Waals surface area contributed by atoms with Crippen LogP contribution in [0.2, 0.25) is 0 Å². The van der Waals surface area contributed by atoms with Gasteiger partial charge in [0.2, 0.25) is 5.91 Å². The van der Waals surface area contributed by atoms with Gasteiger partial charge in [-0.3, -0.25) is 4.79 Å². The molecule has 0 aromatic heterocycles. The number of methoxy groups -OCH3 is 1. The molecule has 2 aliphatic rings. The van der Waals surface area contributed by atoms with Gasteiger partial charge >= 0.3 is 0 Å². The van der Waals surface area contributed by atoms with E-state index in [1.54, 1.807) is 14.0 Å². The molecule has 2 fully saturated rings. The van der Waals surface area contributed by atoms with E-state index in [2.05, 4.69) is 4.90 Å². The second kappa shape index (κ2) is 3.54. The lowest BCUT2D eigenvalue weighted by Gasteiger charge is -2.34. The van der Waals surface area contributed by atoms with Crippen LogP contribution in [-0.2, 0) is 9.53 Å². The standard InChI is InChI=1S/C11H19NO2/c1-9(13)12-7-3-5-11(12)6-4-10(8-11)14-2/h10H,3-8H2,1-2H3/t10-,11?/m0/s1. The van der Waals surface area contributed by atoms with Crippen LogP contribution in [0.15, 0.2) is 0 Å². The molecule has 0 aromatic carbocycles.